The zero-order valence-corrected chi connectivity index (χ0v) is 12.8. The predicted molar refractivity (Wildman–Crippen MR) is 86.0 cm³/mol. The maximum Gasteiger partial charge on any atom is 0.0924 e. The lowest BCUT2D eigenvalue weighted by Crippen LogP contribution is -2.19. The van der Waals surface area contributed by atoms with E-state index in [4.69, 9.17) is 0 Å². The van der Waals surface area contributed by atoms with Gasteiger partial charge in [0.05, 0.1) is 17.1 Å². The molecule has 0 fully saturated rings. The van der Waals surface area contributed by atoms with Gasteiger partial charge in [-0.05, 0) is 20.0 Å². The number of rotatable bonds is 5. The van der Waals surface area contributed by atoms with Gasteiger partial charge in [-0.15, -0.1) is 0 Å². The number of nitrogens with one attached hydrogen (secondary N) is 1. The lowest BCUT2D eigenvalue weighted by molar-refractivity contribution is 0.309. The standard InChI is InChI=1S/C17H19N5/c1-13-17(19-9-8-18-13)12-22(2)11-15-10-16(21-20-15)14-6-4-3-5-7-14/h3-10H,11-12H2,1-2H3,(H,20,21). The van der Waals surface area contributed by atoms with Gasteiger partial charge in [0.1, 0.15) is 0 Å². The number of H-pyrrole nitrogens is 1. The van der Waals surface area contributed by atoms with E-state index in [0.717, 1.165) is 41.4 Å². The molecule has 0 spiro atoms. The minimum atomic E-state index is 0.763. The zero-order chi connectivity index (χ0) is 15.4. The second-order valence-electron chi connectivity index (χ2n) is 5.41. The van der Waals surface area contributed by atoms with E-state index >= 15 is 0 Å². The summed E-state index contributed by atoms with van der Waals surface area (Å²) < 4.78 is 0. The van der Waals surface area contributed by atoms with Crippen molar-refractivity contribution in [1.82, 2.24) is 25.1 Å². The van der Waals surface area contributed by atoms with Crippen LogP contribution < -0.4 is 0 Å². The molecule has 0 saturated carbocycles. The Bertz CT molecular complexity index is 736. The molecule has 3 aromatic rings. The SMILES string of the molecule is Cc1nccnc1CN(C)Cc1cc(-c2ccccc2)n[nH]1. The van der Waals surface area contributed by atoms with E-state index in [0.29, 0.717) is 0 Å². The Hall–Kier alpha value is -2.53. The van der Waals surface area contributed by atoms with Crippen molar-refractivity contribution in [2.75, 3.05) is 7.05 Å². The van der Waals surface area contributed by atoms with Gasteiger partial charge in [0.15, 0.2) is 0 Å². The monoisotopic (exact) mass is 293 g/mol. The van der Waals surface area contributed by atoms with Crippen LogP contribution in [0.15, 0.2) is 48.8 Å². The number of aryl methyl sites for hydroxylation is 1. The smallest absolute Gasteiger partial charge is 0.0924 e. The third-order valence-corrected chi connectivity index (χ3v) is 3.54. The van der Waals surface area contributed by atoms with Crippen LogP contribution in [0.3, 0.4) is 0 Å². The van der Waals surface area contributed by atoms with Crippen LogP contribution >= 0.6 is 0 Å². The maximum atomic E-state index is 4.38. The molecule has 22 heavy (non-hydrogen) atoms. The molecule has 0 aliphatic heterocycles. The molecule has 0 atom stereocenters. The first-order valence-electron chi connectivity index (χ1n) is 7.27. The van der Waals surface area contributed by atoms with Gasteiger partial charge in [-0.1, -0.05) is 30.3 Å². The first kappa shape index (κ1) is 14.4. The number of benzene rings is 1. The summed E-state index contributed by atoms with van der Waals surface area (Å²) in [6.07, 6.45) is 3.46. The van der Waals surface area contributed by atoms with Crippen LogP contribution in [-0.4, -0.2) is 32.1 Å². The van der Waals surface area contributed by atoms with Crippen molar-refractivity contribution in [1.29, 1.82) is 0 Å². The molecular weight excluding hydrogens is 274 g/mol. The molecule has 0 radical (unpaired) electrons. The normalized spacial score (nSPS) is 11.0. The van der Waals surface area contributed by atoms with E-state index < -0.39 is 0 Å². The first-order valence-corrected chi connectivity index (χ1v) is 7.27. The average molecular weight is 293 g/mol. The zero-order valence-electron chi connectivity index (χ0n) is 12.8. The molecule has 1 N–H and O–H groups in total. The van der Waals surface area contributed by atoms with Crippen molar-refractivity contribution in [2.24, 2.45) is 0 Å². The van der Waals surface area contributed by atoms with Gasteiger partial charge in [0.25, 0.3) is 0 Å². The Morgan fingerprint density at radius 1 is 1.05 bits per heavy atom. The Labute approximate surface area is 130 Å². The molecule has 0 aliphatic carbocycles. The fourth-order valence-electron chi connectivity index (χ4n) is 2.39. The Kier molecular flexibility index (Phi) is 4.25. The van der Waals surface area contributed by atoms with Gasteiger partial charge in [0, 0.05) is 36.7 Å². The molecule has 5 heteroatoms. The van der Waals surface area contributed by atoms with Gasteiger partial charge in [0.2, 0.25) is 0 Å². The summed E-state index contributed by atoms with van der Waals surface area (Å²) in [5.41, 5.74) is 5.16. The minimum absolute atomic E-state index is 0.763. The van der Waals surface area contributed by atoms with E-state index in [1.807, 2.05) is 25.1 Å². The first-order chi connectivity index (χ1) is 10.7. The van der Waals surface area contributed by atoms with Gasteiger partial charge in [-0.3, -0.25) is 20.0 Å². The Morgan fingerprint density at radius 3 is 2.59 bits per heavy atom. The van der Waals surface area contributed by atoms with Crippen LogP contribution in [-0.2, 0) is 13.1 Å². The van der Waals surface area contributed by atoms with E-state index in [1.54, 1.807) is 12.4 Å². The van der Waals surface area contributed by atoms with Crippen molar-refractivity contribution in [2.45, 2.75) is 20.0 Å². The second kappa shape index (κ2) is 6.49. The van der Waals surface area contributed by atoms with Crippen molar-refractivity contribution < 1.29 is 0 Å². The largest absolute Gasteiger partial charge is 0.295 e. The second-order valence-corrected chi connectivity index (χ2v) is 5.41. The van der Waals surface area contributed by atoms with Crippen LogP contribution in [0, 0.1) is 6.92 Å². The molecule has 0 saturated heterocycles. The summed E-state index contributed by atoms with van der Waals surface area (Å²) in [7, 11) is 2.07. The van der Waals surface area contributed by atoms with Gasteiger partial charge < -0.3 is 0 Å². The highest BCUT2D eigenvalue weighted by Crippen LogP contribution is 2.17. The Morgan fingerprint density at radius 2 is 1.82 bits per heavy atom. The Balaban J connectivity index is 1.66. The number of hydrogen-bond acceptors (Lipinski definition) is 4. The summed E-state index contributed by atoms with van der Waals surface area (Å²) in [6.45, 7) is 3.54. The van der Waals surface area contributed by atoms with E-state index in [2.05, 4.69) is 50.3 Å². The van der Waals surface area contributed by atoms with Crippen LogP contribution in [0.2, 0.25) is 0 Å². The summed E-state index contributed by atoms with van der Waals surface area (Å²) in [6, 6.07) is 12.3. The predicted octanol–water partition coefficient (Wildman–Crippen LogP) is 2.81. The topological polar surface area (TPSA) is 57.7 Å². The van der Waals surface area contributed by atoms with Gasteiger partial charge in [-0.25, -0.2) is 0 Å². The third-order valence-electron chi connectivity index (χ3n) is 3.54. The summed E-state index contributed by atoms with van der Waals surface area (Å²) >= 11 is 0. The van der Waals surface area contributed by atoms with Crippen molar-refractivity contribution >= 4 is 0 Å². The number of hydrogen-bond donors (Lipinski definition) is 1. The molecule has 0 bridgehead atoms. The lowest BCUT2D eigenvalue weighted by Gasteiger charge is -2.15. The lowest BCUT2D eigenvalue weighted by atomic mass is 10.1. The van der Waals surface area contributed by atoms with E-state index in [-0.39, 0.29) is 0 Å². The highest BCUT2D eigenvalue weighted by molar-refractivity contribution is 5.58. The molecule has 0 unspecified atom stereocenters. The fraction of sp³-hybridized carbons (Fsp3) is 0.235. The third kappa shape index (κ3) is 3.38. The maximum absolute atomic E-state index is 4.38. The van der Waals surface area contributed by atoms with E-state index in [9.17, 15) is 0 Å². The van der Waals surface area contributed by atoms with Crippen LogP contribution in [0.5, 0.6) is 0 Å². The van der Waals surface area contributed by atoms with Crippen molar-refractivity contribution in [3.63, 3.8) is 0 Å². The van der Waals surface area contributed by atoms with Crippen LogP contribution in [0.1, 0.15) is 17.1 Å². The van der Waals surface area contributed by atoms with Gasteiger partial charge >= 0.3 is 0 Å². The average Bonchev–Trinajstić information content (AvgIpc) is 2.99. The molecule has 0 amide bonds. The molecule has 112 valence electrons. The van der Waals surface area contributed by atoms with Crippen molar-refractivity contribution in [3.8, 4) is 11.3 Å². The molecule has 0 aliphatic rings. The molecule has 3 rings (SSSR count). The number of aromatic amines is 1. The van der Waals surface area contributed by atoms with Gasteiger partial charge in [-0.2, -0.15) is 5.10 Å². The molecular formula is C17H19N5. The fourth-order valence-corrected chi connectivity index (χ4v) is 2.39. The summed E-state index contributed by atoms with van der Waals surface area (Å²) in [4.78, 5) is 10.9. The van der Waals surface area contributed by atoms with E-state index in [1.165, 1.54) is 0 Å². The van der Waals surface area contributed by atoms with Crippen LogP contribution in [0.25, 0.3) is 11.3 Å². The molecule has 2 heterocycles. The van der Waals surface area contributed by atoms with Crippen LogP contribution in [0.4, 0.5) is 0 Å². The number of nitrogens with zero attached hydrogens (tertiary/aromatic N) is 4. The quantitative estimate of drug-likeness (QED) is 0.786. The number of aromatic nitrogens is 4. The molecule has 1 aromatic carbocycles. The summed E-state index contributed by atoms with van der Waals surface area (Å²) in [5, 5.41) is 7.49. The highest BCUT2D eigenvalue weighted by atomic mass is 15.2. The van der Waals surface area contributed by atoms with Crippen molar-refractivity contribution in [3.05, 3.63) is 65.9 Å². The summed E-state index contributed by atoms with van der Waals surface area (Å²) in [5.74, 6) is 0. The minimum Gasteiger partial charge on any atom is -0.295 e. The highest BCUT2D eigenvalue weighted by Gasteiger charge is 2.08. The molecule has 2 aromatic heterocycles. The molecule has 5 nitrogen and oxygen atoms in total.